The Morgan fingerprint density at radius 3 is 2.86 bits per heavy atom. The number of hydrogen-bond donors (Lipinski definition) is 1. The Morgan fingerprint density at radius 2 is 2.27 bits per heavy atom. The minimum absolute atomic E-state index is 0.0805. The van der Waals surface area contributed by atoms with Crippen molar-refractivity contribution >= 4 is 5.91 Å². The molecule has 1 aliphatic rings. The highest BCUT2D eigenvalue weighted by Crippen LogP contribution is 2.33. The zero-order chi connectivity index (χ0) is 16.1. The second-order valence-corrected chi connectivity index (χ2v) is 5.93. The molecule has 6 heteroatoms. The molecule has 1 aromatic rings. The van der Waals surface area contributed by atoms with Gasteiger partial charge in [0.25, 0.3) is 0 Å². The summed E-state index contributed by atoms with van der Waals surface area (Å²) in [5.41, 5.74) is 1.12. The SMILES string of the molecule is CCN(CC)C(=O)[C@H](C)NC[C@@H]1CCO[C@@H]1c1cnn(C)c1. The van der Waals surface area contributed by atoms with E-state index in [1.165, 1.54) is 0 Å². The topological polar surface area (TPSA) is 59.4 Å². The van der Waals surface area contributed by atoms with Crippen LogP contribution in [-0.4, -0.2) is 52.9 Å². The Balaban J connectivity index is 1.89. The van der Waals surface area contributed by atoms with E-state index in [1.54, 1.807) is 4.68 Å². The third-order valence-corrected chi connectivity index (χ3v) is 4.40. The van der Waals surface area contributed by atoms with E-state index < -0.39 is 0 Å². The summed E-state index contributed by atoms with van der Waals surface area (Å²) in [5.74, 6) is 0.554. The number of nitrogens with one attached hydrogen (secondary N) is 1. The number of carbonyl (C=O) groups excluding carboxylic acids is 1. The molecule has 1 aliphatic heterocycles. The molecule has 2 rings (SSSR count). The van der Waals surface area contributed by atoms with Gasteiger partial charge in [-0.1, -0.05) is 0 Å². The van der Waals surface area contributed by atoms with Gasteiger partial charge < -0.3 is 15.0 Å². The molecule has 0 spiro atoms. The molecular weight excluding hydrogens is 280 g/mol. The molecule has 0 aromatic carbocycles. The lowest BCUT2D eigenvalue weighted by molar-refractivity contribution is -0.132. The highest BCUT2D eigenvalue weighted by molar-refractivity contribution is 5.81. The van der Waals surface area contributed by atoms with Gasteiger partial charge in [-0.15, -0.1) is 0 Å². The maximum absolute atomic E-state index is 12.3. The largest absolute Gasteiger partial charge is 0.373 e. The van der Waals surface area contributed by atoms with Gasteiger partial charge in [-0.25, -0.2) is 0 Å². The van der Waals surface area contributed by atoms with Crippen LogP contribution in [0.2, 0.25) is 0 Å². The first-order valence-electron chi connectivity index (χ1n) is 8.19. The minimum Gasteiger partial charge on any atom is -0.373 e. The Hall–Kier alpha value is -1.40. The molecule has 1 amide bonds. The van der Waals surface area contributed by atoms with Crippen LogP contribution in [0.5, 0.6) is 0 Å². The summed E-state index contributed by atoms with van der Waals surface area (Å²) in [6, 6.07) is -0.157. The van der Waals surface area contributed by atoms with Crippen molar-refractivity contribution in [1.29, 1.82) is 0 Å². The van der Waals surface area contributed by atoms with Crippen LogP contribution < -0.4 is 5.32 Å². The van der Waals surface area contributed by atoms with Crippen molar-refractivity contribution in [1.82, 2.24) is 20.0 Å². The van der Waals surface area contributed by atoms with Gasteiger partial charge in [-0.05, 0) is 27.2 Å². The molecular formula is C16H28N4O2. The molecule has 1 aromatic heterocycles. The Bertz CT molecular complexity index is 484. The molecule has 3 atom stereocenters. The third kappa shape index (κ3) is 3.87. The Kier molecular flexibility index (Phi) is 5.97. The van der Waals surface area contributed by atoms with Gasteiger partial charge in [0, 0.05) is 51.0 Å². The van der Waals surface area contributed by atoms with Crippen LogP contribution in [0.15, 0.2) is 12.4 Å². The van der Waals surface area contributed by atoms with E-state index in [9.17, 15) is 4.79 Å². The number of likely N-dealkylation sites (N-methyl/N-ethyl adjacent to an activating group) is 1. The van der Waals surface area contributed by atoms with E-state index in [0.717, 1.165) is 38.2 Å². The predicted octanol–water partition coefficient (Wildman–Crippen LogP) is 1.34. The fourth-order valence-corrected chi connectivity index (χ4v) is 3.02. The van der Waals surface area contributed by atoms with Gasteiger partial charge in [-0.2, -0.15) is 5.10 Å². The number of aryl methyl sites for hydroxylation is 1. The van der Waals surface area contributed by atoms with E-state index in [2.05, 4.69) is 10.4 Å². The molecule has 2 heterocycles. The summed E-state index contributed by atoms with van der Waals surface area (Å²) in [7, 11) is 1.91. The van der Waals surface area contributed by atoms with E-state index in [0.29, 0.717) is 5.92 Å². The van der Waals surface area contributed by atoms with Crippen molar-refractivity contribution in [2.75, 3.05) is 26.2 Å². The summed E-state index contributed by atoms with van der Waals surface area (Å²) in [5, 5.41) is 7.60. The van der Waals surface area contributed by atoms with Crippen LogP contribution in [-0.2, 0) is 16.6 Å². The monoisotopic (exact) mass is 308 g/mol. The normalized spacial score (nSPS) is 22.7. The first-order chi connectivity index (χ1) is 10.6. The lowest BCUT2D eigenvalue weighted by atomic mass is 9.97. The predicted molar refractivity (Wildman–Crippen MR) is 85.4 cm³/mol. The molecule has 0 aliphatic carbocycles. The summed E-state index contributed by atoms with van der Waals surface area (Å²) in [6.45, 7) is 9.03. The van der Waals surface area contributed by atoms with Gasteiger partial charge >= 0.3 is 0 Å². The van der Waals surface area contributed by atoms with Crippen molar-refractivity contribution in [2.24, 2.45) is 13.0 Å². The van der Waals surface area contributed by atoms with Crippen LogP contribution in [0, 0.1) is 5.92 Å². The maximum Gasteiger partial charge on any atom is 0.239 e. The standard InChI is InChI=1S/C16H28N4O2/c1-5-20(6-2)16(21)12(3)17-9-13-7-8-22-15(13)14-10-18-19(4)11-14/h10-13,15,17H,5-9H2,1-4H3/t12-,13-,15-/m0/s1. The van der Waals surface area contributed by atoms with Gasteiger partial charge in [-0.3, -0.25) is 9.48 Å². The lowest BCUT2D eigenvalue weighted by Gasteiger charge is -2.25. The van der Waals surface area contributed by atoms with Crippen molar-refractivity contribution in [3.05, 3.63) is 18.0 Å². The number of rotatable bonds is 7. The van der Waals surface area contributed by atoms with E-state index in [1.807, 2.05) is 45.1 Å². The summed E-state index contributed by atoms with van der Waals surface area (Å²) >= 11 is 0. The van der Waals surface area contributed by atoms with Crippen molar-refractivity contribution in [2.45, 2.75) is 39.3 Å². The maximum atomic E-state index is 12.3. The Labute approximate surface area is 132 Å². The molecule has 6 nitrogen and oxygen atoms in total. The first kappa shape index (κ1) is 17.0. The molecule has 0 unspecified atom stereocenters. The number of hydrogen-bond acceptors (Lipinski definition) is 4. The van der Waals surface area contributed by atoms with E-state index in [-0.39, 0.29) is 18.1 Å². The van der Waals surface area contributed by atoms with Crippen LogP contribution >= 0.6 is 0 Å². The fourth-order valence-electron chi connectivity index (χ4n) is 3.02. The smallest absolute Gasteiger partial charge is 0.239 e. The number of nitrogens with zero attached hydrogens (tertiary/aromatic N) is 3. The zero-order valence-electron chi connectivity index (χ0n) is 14.1. The Morgan fingerprint density at radius 1 is 1.55 bits per heavy atom. The molecule has 1 N–H and O–H groups in total. The van der Waals surface area contributed by atoms with Crippen molar-refractivity contribution in [3.8, 4) is 0 Å². The van der Waals surface area contributed by atoms with Gasteiger partial charge in [0.05, 0.1) is 18.3 Å². The quantitative estimate of drug-likeness (QED) is 0.826. The van der Waals surface area contributed by atoms with Gasteiger partial charge in [0.15, 0.2) is 0 Å². The number of amides is 1. The molecule has 22 heavy (non-hydrogen) atoms. The van der Waals surface area contributed by atoms with Crippen LogP contribution in [0.3, 0.4) is 0 Å². The molecule has 0 saturated carbocycles. The lowest BCUT2D eigenvalue weighted by Crippen LogP contribution is -2.46. The number of ether oxygens (including phenoxy) is 1. The van der Waals surface area contributed by atoms with E-state index >= 15 is 0 Å². The zero-order valence-corrected chi connectivity index (χ0v) is 14.1. The van der Waals surface area contributed by atoms with Crippen LogP contribution in [0.25, 0.3) is 0 Å². The summed E-state index contributed by atoms with van der Waals surface area (Å²) in [6.07, 6.45) is 4.97. The van der Waals surface area contributed by atoms with Gasteiger partial charge in [0.2, 0.25) is 5.91 Å². The second-order valence-electron chi connectivity index (χ2n) is 5.93. The van der Waals surface area contributed by atoms with Gasteiger partial charge in [0.1, 0.15) is 0 Å². The second kappa shape index (κ2) is 7.74. The van der Waals surface area contributed by atoms with Crippen LogP contribution in [0.4, 0.5) is 0 Å². The molecule has 1 saturated heterocycles. The van der Waals surface area contributed by atoms with Crippen molar-refractivity contribution < 1.29 is 9.53 Å². The minimum atomic E-state index is -0.157. The molecule has 1 fully saturated rings. The molecule has 0 radical (unpaired) electrons. The average molecular weight is 308 g/mol. The fraction of sp³-hybridized carbons (Fsp3) is 0.750. The molecule has 0 bridgehead atoms. The highest BCUT2D eigenvalue weighted by atomic mass is 16.5. The summed E-state index contributed by atoms with van der Waals surface area (Å²) < 4.78 is 7.66. The van der Waals surface area contributed by atoms with Crippen molar-refractivity contribution in [3.63, 3.8) is 0 Å². The van der Waals surface area contributed by atoms with E-state index in [4.69, 9.17) is 4.74 Å². The average Bonchev–Trinajstić information content (AvgIpc) is 3.14. The highest BCUT2D eigenvalue weighted by Gasteiger charge is 2.31. The van der Waals surface area contributed by atoms with Crippen LogP contribution in [0.1, 0.15) is 38.9 Å². The first-order valence-corrected chi connectivity index (χ1v) is 8.19. The summed E-state index contributed by atoms with van der Waals surface area (Å²) in [4.78, 5) is 14.1. The number of aromatic nitrogens is 2. The molecule has 124 valence electrons. The number of carbonyl (C=O) groups is 1. The third-order valence-electron chi connectivity index (χ3n) is 4.40.